The molecule has 0 rings (SSSR count). The summed E-state index contributed by atoms with van der Waals surface area (Å²) in [5.41, 5.74) is 0. The van der Waals surface area contributed by atoms with Crippen LogP contribution in [0, 0.1) is 11.8 Å². The van der Waals surface area contributed by atoms with Crippen LogP contribution in [0.3, 0.4) is 0 Å². The van der Waals surface area contributed by atoms with Crippen LogP contribution >= 0.6 is 0 Å². The Kier molecular flexibility index (Phi) is 48.6. The Hall–Kier alpha value is -1.59. The van der Waals surface area contributed by atoms with E-state index in [1.54, 1.807) is 0 Å². The van der Waals surface area contributed by atoms with Gasteiger partial charge in [0.1, 0.15) is 13.2 Å². The Bertz CT molecular complexity index is 962. The predicted molar refractivity (Wildman–Crippen MR) is 270 cm³/mol. The van der Waals surface area contributed by atoms with Gasteiger partial charge in [-0.1, -0.05) is 279 Å². The highest BCUT2D eigenvalue weighted by atomic mass is 16.6. The third-order valence-corrected chi connectivity index (χ3v) is 13.0. The summed E-state index contributed by atoms with van der Waals surface area (Å²) in [5, 5.41) is 0. The van der Waals surface area contributed by atoms with Crippen LogP contribution in [0.4, 0.5) is 0 Å². The third-order valence-electron chi connectivity index (χ3n) is 13.0. The van der Waals surface area contributed by atoms with Gasteiger partial charge in [0.25, 0.3) is 0 Å². The van der Waals surface area contributed by atoms with Gasteiger partial charge in [0.2, 0.25) is 0 Å². The molecule has 0 amide bonds. The van der Waals surface area contributed by atoms with Crippen molar-refractivity contribution < 1.29 is 28.6 Å². The maximum Gasteiger partial charge on any atom is 0.306 e. The Morgan fingerprint density at radius 3 is 0.778 bits per heavy atom. The van der Waals surface area contributed by atoms with Crippen LogP contribution < -0.4 is 0 Å². The molecule has 0 aliphatic heterocycles. The largest absolute Gasteiger partial charge is 0.462 e. The van der Waals surface area contributed by atoms with Gasteiger partial charge >= 0.3 is 17.9 Å². The average molecular weight is 892 g/mol. The van der Waals surface area contributed by atoms with Crippen LogP contribution in [-0.4, -0.2) is 37.2 Å². The lowest BCUT2D eigenvalue weighted by Crippen LogP contribution is -2.30. The number of carbonyl (C=O) groups excluding carboxylic acids is 3. The molecule has 0 spiro atoms. The van der Waals surface area contributed by atoms with Crippen molar-refractivity contribution in [2.75, 3.05) is 13.2 Å². The predicted octanol–water partition coefficient (Wildman–Crippen LogP) is 18.5. The SMILES string of the molecule is CCCCCCCC(=O)OC[C@@H](COC(=O)CCCCCCCCCCCCCCCCCCCCC(C)C)OC(=O)CCCCCCCCCCCCCCCCCCC(C)C. The van der Waals surface area contributed by atoms with Crippen LogP contribution in [0.2, 0.25) is 0 Å². The fourth-order valence-corrected chi connectivity index (χ4v) is 8.70. The highest BCUT2D eigenvalue weighted by molar-refractivity contribution is 5.71. The fraction of sp³-hybridized carbons (Fsp3) is 0.947. The smallest absolute Gasteiger partial charge is 0.306 e. The minimum absolute atomic E-state index is 0.0639. The van der Waals surface area contributed by atoms with E-state index in [2.05, 4.69) is 34.6 Å². The molecule has 0 saturated heterocycles. The Morgan fingerprint density at radius 1 is 0.302 bits per heavy atom. The van der Waals surface area contributed by atoms with Crippen LogP contribution in [0.15, 0.2) is 0 Å². The number of unbranched alkanes of at least 4 members (excludes halogenated alkanes) is 36. The molecule has 0 unspecified atom stereocenters. The molecule has 0 saturated carbocycles. The molecule has 0 heterocycles. The number of ether oxygens (including phenoxy) is 3. The molecule has 0 radical (unpaired) electrons. The molecule has 63 heavy (non-hydrogen) atoms. The second-order valence-electron chi connectivity index (χ2n) is 20.5. The zero-order valence-electron chi connectivity index (χ0n) is 43.2. The van der Waals surface area contributed by atoms with Gasteiger partial charge in [-0.2, -0.15) is 0 Å². The van der Waals surface area contributed by atoms with Crippen molar-refractivity contribution in [2.24, 2.45) is 11.8 Å². The first kappa shape index (κ1) is 61.4. The van der Waals surface area contributed by atoms with Crippen molar-refractivity contribution in [3.05, 3.63) is 0 Å². The minimum atomic E-state index is -0.760. The summed E-state index contributed by atoms with van der Waals surface area (Å²) in [7, 11) is 0. The van der Waals surface area contributed by atoms with E-state index in [1.165, 1.54) is 199 Å². The minimum Gasteiger partial charge on any atom is -0.462 e. The summed E-state index contributed by atoms with van der Waals surface area (Å²) in [6, 6.07) is 0. The lowest BCUT2D eigenvalue weighted by Gasteiger charge is -2.18. The van der Waals surface area contributed by atoms with Crippen LogP contribution in [-0.2, 0) is 28.6 Å². The molecule has 0 aliphatic carbocycles. The number of esters is 3. The fourth-order valence-electron chi connectivity index (χ4n) is 8.70. The van der Waals surface area contributed by atoms with Crippen LogP contribution in [0.1, 0.15) is 317 Å². The lowest BCUT2D eigenvalue weighted by molar-refractivity contribution is -0.167. The zero-order chi connectivity index (χ0) is 46.1. The van der Waals surface area contributed by atoms with Gasteiger partial charge in [-0.05, 0) is 31.1 Å². The van der Waals surface area contributed by atoms with E-state index >= 15 is 0 Å². The van der Waals surface area contributed by atoms with E-state index in [0.29, 0.717) is 19.3 Å². The van der Waals surface area contributed by atoms with E-state index in [4.69, 9.17) is 14.2 Å². The summed E-state index contributed by atoms with van der Waals surface area (Å²) in [5.74, 6) is 0.855. The summed E-state index contributed by atoms with van der Waals surface area (Å²) < 4.78 is 16.7. The Morgan fingerprint density at radius 2 is 0.524 bits per heavy atom. The van der Waals surface area contributed by atoms with Crippen LogP contribution in [0.5, 0.6) is 0 Å². The molecule has 6 heteroatoms. The normalized spacial score (nSPS) is 12.0. The van der Waals surface area contributed by atoms with E-state index in [0.717, 1.165) is 76.0 Å². The van der Waals surface area contributed by atoms with Crippen molar-refractivity contribution in [1.29, 1.82) is 0 Å². The first-order valence-electron chi connectivity index (χ1n) is 28.2. The molecule has 0 aliphatic rings. The third kappa shape index (κ3) is 51.3. The molecule has 1 atom stereocenters. The van der Waals surface area contributed by atoms with Gasteiger partial charge in [-0.15, -0.1) is 0 Å². The summed E-state index contributed by atoms with van der Waals surface area (Å²) in [6.07, 6.45) is 52.8. The first-order chi connectivity index (χ1) is 30.7. The van der Waals surface area contributed by atoms with E-state index in [9.17, 15) is 14.4 Å². The van der Waals surface area contributed by atoms with Gasteiger partial charge in [0.05, 0.1) is 0 Å². The molecule has 0 aromatic rings. The molecule has 6 nitrogen and oxygen atoms in total. The van der Waals surface area contributed by atoms with Gasteiger partial charge in [-0.25, -0.2) is 0 Å². The molecule has 0 fully saturated rings. The summed E-state index contributed by atoms with van der Waals surface area (Å²) in [4.78, 5) is 37.8. The molecule has 0 aromatic carbocycles. The van der Waals surface area contributed by atoms with Gasteiger partial charge in [0.15, 0.2) is 6.10 Å². The molecular formula is C57H110O6. The second kappa shape index (κ2) is 49.8. The van der Waals surface area contributed by atoms with E-state index in [-0.39, 0.29) is 31.1 Å². The molecular weight excluding hydrogens is 781 g/mol. The van der Waals surface area contributed by atoms with Crippen molar-refractivity contribution in [3.8, 4) is 0 Å². The number of carbonyl (C=O) groups is 3. The quantitative estimate of drug-likeness (QED) is 0.0344. The molecule has 0 aromatic heterocycles. The highest BCUT2D eigenvalue weighted by Crippen LogP contribution is 2.18. The van der Waals surface area contributed by atoms with Gasteiger partial charge in [-0.3, -0.25) is 14.4 Å². The number of hydrogen-bond donors (Lipinski definition) is 0. The summed E-state index contributed by atoms with van der Waals surface area (Å²) >= 11 is 0. The molecule has 0 bridgehead atoms. The monoisotopic (exact) mass is 891 g/mol. The van der Waals surface area contributed by atoms with Crippen molar-refractivity contribution in [2.45, 2.75) is 323 Å². The van der Waals surface area contributed by atoms with Crippen molar-refractivity contribution in [1.82, 2.24) is 0 Å². The average Bonchev–Trinajstić information content (AvgIpc) is 3.25. The zero-order valence-corrected chi connectivity index (χ0v) is 43.2. The molecule has 0 N–H and O–H groups in total. The first-order valence-corrected chi connectivity index (χ1v) is 28.2. The van der Waals surface area contributed by atoms with Gasteiger partial charge in [0, 0.05) is 19.3 Å². The van der Waals surface area contributed by atoms with Crippen LogP contribution in [0.25, 0.3) is 0 Å². The van der Waals surface area contributed by atoms with E-state index in [1.807, 2.05) is 0 Å². The molecule has 374 valence electrons. The maximum atomic E-state index is 12.8. The highest BCUT2D eigenvalue weighted by Gasteiger charge is 2.19. The van der Waals surface area contributed by atoms with Gasteiger partial charge < -0.3 is 14.2 Å². The van der Waals surface area contributed by atoms with Crippen molar-refractivity contribution >= 4 is 17.9 Å². The topological polar surface area (TPSA) is 78.9 Å². The van der Waals surface area contributed by atoms with Crippen molar-refractivity contribution in [3.63, 3.8) is 0 Å². The summed E-state index contributed by atoms with van der Waals surface area (Å²) in [6.45, 7) is 11.4. The number of hydrogen-bond acceptors (Lipinski definition) is 6. The lowest BCUT2D eigenvalue weighted by atomic mass is 10.0. The maximum absolute atomic E-state index is 12.8. The standard InChI is InChI=1S/C57H110O6/c1-6-7-8-35-42-47-55(58)61-50-54(63-57(60)49-44-39-34-30-26-22-18-14-13-16-20-24-28-32-37-41-46-53(4)5)51-62-56(59)48-43-38-33-29-25-21-17-12-10-9-11-15-19-23-27-31-36-40-45-52(2)3/h52-54H,6-51H2,1-5H3/t54-/m0/s1. The Labute approximate surface area is 393 Å². The second-order valence-corrected chi connectivity index (χ2v) is 20.5. The Balaban J connectivity index is 4.04. The van der Waals surface area contributed by atoms with E-state index < -0.39 is 6.10 Å². The number of rotatable bonds is 51.